The molecule has 1 aliphatic heterocycles. The number of carbonyl (C=O) groups is 2. The van der Waals surface area contributed by atoms with Gasteiger partial charge < -0.3 is 14.1 Å². The Hall–Kier alpha value is -3.09. The Kier molecular flexibility index (Phi) is 5.38. The molecule has 1 aromatic heterocycles. The first-order valence-corrected chi connectivity index (χ1v) is 10.0. The highest BCUT2D eigenvalue weighted by Crippen LogP contribution is 2.37. The van der Waals surface area contributed by atoms with Gasteiger partial charge in [0.1, 0.15) is 17.5 Å². The second-order valence-corrected chi connectivity index (χ2v) is 7.34. The van der Waals surface area contributed by atoms with Gasteiger partial charge in [0.15, 0.2) is 0 Å². The molecule has 1 aliphatic carbocycles. The number of furan rings is 1. The van der Waals surface area contributed by atoms with E-state index in [0.717, 1.165) is 24.3 Å². The number of rotatable bonds is 7. The third kappa shape index (κ3) is 3.90. The summed E-state index contributed by atoms with van der Waals surface area (Å²) in [5.41, 5.74) is 1.04. The summed E-state index contributed by atoms with van der Waals surface area (Å²) in [5.74, 6) is 0.227. The highest BCUT2D eigenvalue weighted by molar-refractivity contribution is 6.38. The number of anilines is 1. The Bertz CT molecular complexity index is 890. The van der Waals surface area contributed by atoms with Crippen LogP contribution in [0.15, 0.2) is 58.2 Å². The molecule has 1 aromatic carbocycles. The molecule has 0 N–H and O–H groups in total. The molecular weight excluding hydrogens is 370 g/mol. The summed E-state index contributed by atoms with van der Waals surface area (Å²) >= 11 is 0. The van der Waals surface area contributed by atoms with Gasteiger partial charge in [-0.25, -0.2) is 4.79 Å². The van der Waals surface area contributed by atoms with Gasteiger partial charge in [-0.05, 0) is 51.0 Å². The summed E-state index contributed by atoms with van der Waals surface area (Å²) < 4.78 is 10.7. The van der Waals surface area contributed by atoms with E-state index in [4.69, 9.17) is 9.15 Å². The standard InChI is InChI=1S/C22H25N3O4/c1-3-28-22(27)18-14-19(25(23-18)17-8-5-4-6-9-17)21(26)24(16-11-12-16)15(2)20-10-7-13-29-20/h4-10,13,15-16,19H,3,11-12,14H2,1-2H3. The Morgan fingerprint density at radius 1 is 1.24 bits per heavy atom. The SMILES string of the molecule is CCOC(=O)C1=NN(c2ccccc2)C(C(=O)N(C2CC2)C(C)c2ccco2)C1. The van der Waals surface area contributed by atoms with Crippen molar-refractivity contribution in [3.63, 3.8) is 0 Å². The molecule has 2 atom stereocenters. The Morgan fingerprint density at radius 3 is 2.62 bits per heavy atom. The lowest BCUT2D eigenvalue weighted by Gasteiger charge is -2.33. The average Bonchev–Trinajstić information content (AvgIpc) is 3.23. The number of hydrazone groups is 1. The fourth-order valence-electron chi connectivity index (χ4n) is 3.74. The predicted octanol–water partition coefficient (Wildman–Crippen LogP) is 3.53. The fourth-order valence-corrected chi connectivity index (χ4v) is 3.74. The van der Waals surface area contributed by atoms with E-state index < -0.39 is 12.0 Å². The van der Waals surface area contributed by atoms with Crippen LogP contribution in [0, 0.1) is 0 Å². The van der Waals surface area contributed by atoms with Gasteiger partial charge in [0, 0.05) is 12.5 Å². The molecule has 2 aromatic rings. The van der Waals surface area contributed by atoms with E-state index in [0.29, 0.717) is 0 Å². The minimum atomic E-state index is -0.588. The zero-order valence-electron chi connectivity index (χ0n) is 16.7. The van der Waals surface area contributed by atoms with Crippen LogP contribution < -0.4 is 5.01 Å². The molecule has 4 rings (SSSR count). The maximum Gasteiger partial charge on any atom is 0.354 e. The third-order valence-corrected chi connectivity index (χ3v) is 5.29. The first kappa shape index (κ1) is 19.2. The molecule has 152 valence electrons. The summed E-state index contributed by atoms with van der Waals surface area (Å²) in [5, 5.41) is 6.12. The van der Waals surface area contributed by atoms with E-state index in [1.165, 1.54) is 0 Å². The second kappa shape index (κ2) is 8.11. The van der Waals surface area contributed by atoms with Gasteiger partial charge >= 0.3 is 5.97 Å². The highest BCUT2D eigenvalue weighted by atomic mass is 16.5. The van der Waals surface area contributed by atoms with Gasteiger partial charge in [-0.15, -0.1) is 0 Å². The van der Waals surface area contributed by atoms with Gasteiger partial charge in [0.25, 0.3) is 0 Å². The summed E-state index contributed by atoms with van der Waals surface area (Å²) in [6, 6.07) is 12.6. The largest absolute Gasteiger partial charge is 0.467 e. The molecule has 0 bridgehead atoms. The summed E-state index contributed by atoms with van der Waals surface area (Å²) in [6.45, 7) is 4.00. The zero-order chi connectivity index (χ0) is 20.4. The van der Waals surface area contributed by atoms with Crippen molar-refractivity contribution >= 4 is 23.3 Å². The summed E-state index contributed by atoms with van der Waals surface area (Å²) in [4.78, 5) is 27.9. The van der Waals surface area contributed by atoms with Crippen molar-refractivity contribution in [2.45, 2.75) is 51.2 Å². The van der Waals surface area contributed by atoms with Crippen molar-refractivity contribution in [2.24, 2.45) is 5.10 Å². The molecule has 2 unspecified atom stereocenters. The number of carbonyl (C=O) groups excluding carboxylic acids is 2. The number of hydrogen-bond acceptors (Lipinski definition) is 6. The van der Waals surface area contributed by atoms with E-state index in [1.807, 2.05) is 54.3 Å². The number of esters is 1. The first-order valence-electron chi connectivity index (χ1n) is 10.0. The average molecular weight is 395 g/mol. The number of amides is 1. The number of para-hydroxylation sites is 1. The molecule has 1 saturated carbocycles. The smallest absolute Gasteiger partial charge is 0.354 e. The van der Waals surface area contributed by atoms with Crippen LogP contribution in [0.25, 0.3) is 0 Å². The quantitative estimate of drug-likeness (QED) is 0.671. The topological polar surface area (TPSA) is 75.3 Å². The molecule has 7 nitrogen and oxygen atoms in total. The van der Waals surface area contributed by atoms with Gasteiger partial charge in [0.2, 0.25) is 5.91 Å². The lowest BCUT2D eigenvalue weighted by Crippen LogP contribution is -2.47. The summed E-state index contributed by atoms with van der Waals surface area (Å²) in [6.07, 6.45) is 3.79. The van der Waals surface area contributed by atoms with Gasteiger partial charge in [0.05, 0.1) is 24.6 Å². The predicted molar refractivity (Wildman–Crippen MR) is 108 cm³/mol. The third-order valence-electron chi connectivity index (χ3n) is 5.29. The summed E-state index contributed by atoms with van der Waals surface area (Å²) in [7, 11) is 0. The minimum absolute atomic E-state index is 0.0525. The first-order chi connectivity index (χ1) is 14.1. The Balaban J connectivity index is 1.63. The van der Waals surface area contributed by atoms with Crippen molar-refractivity contribution in [2.75, 3.05) is 11.6 Å². The van der Waals surface area contributed by atoms with Crippen LogP contribution in [0.4, 0.5) is 5.69 Å². The van der Waals surface area contributed by atoms with Crippen LogP contribution in [-0.2, 0) is 14.3 Å². The van der Waals surface area contributed by atoms with Gasteiger partial charge in [-0.1, -0.05) is 18.2 Å². The van der Waals surface area contributed by atoms with Crippen molar-refractivity contribution in [3.8, 4) is 0 Å². The molecule has 1 amide bonds. The molecule has 0 saturated heterocycles. The van der Waals surface area contributed by atoms with Crippen LogP contribution in [-0.4, -0.2) is 41.2 Å². The van der Waals surface area contributed by atoms with E-state index in [1.54, 1.807) is 18.2 Å². The normalized spacial score (nSPS) is 19.6. The van der Waals surface area contributed by atoms with E-state index in [2.05, 4.69) is 5.10 Å². The molecule has 0 radical (unpaired) electrons. The number of benzene rings is 1. The van der Waals surface area contributed by atoms with Crippen molar-refractivity contribution in [1.29, 1.82) is 0 Å². The second-order valence-electron chi connectivity index (χ2n) is 7.34. The lowest BCUT2D eigenvalue weighted by molar-refractivity contribution is -0.135. The van der Waals surface area contributed by atoms with Gasteiger partial charge in [-0.3, -0.25) is 9.80 Å². The fraction of sp³-hybridized carbons (Fsp3) is 0.409. The van der Waals surface area contributed by atoms with Crippen LogP contribution in [0.5, 0.6) is 0 Å². The highest BCUT2D eigenvalue weighted by Gasteiger charge is 2.45. The van der Waals surface area contributed by atoms with Crippen molar-refractivity contribution < 1.29 is 18.7 Å². The van der Waals surface area contributed by atoms with Crippen LogP contribution in [0.2, 0.25) is 0 Å². The number of hydrogen-bond donors (Lipinski definition) is 0. The molecule has 0 spiro atoms. The maximum absolute atomic E-state index is 13.7. The van der Waals surface area contributed by atoms with Crippen molar-refractivity contribution in [3.05, 3.63) is 54.5 Å². The Labute approximate surface area is 169 Å². The Morgan fingerprint density at radius 2 is 2.00 bits per heavy atom. The monoisotopic (exact) mass is 395 g/mol. The zero-order valence-corrected chi connectivity index (χ0v) is 16.7. The minimum Gasteiger partial charge on any atom is -0.467 e. The molecule has 7 heteroatoms. The van der Waals surface area contributed by atoms with E-state index in [-0.39, 0.29) is 36.7 Å². The van der Waals surface area contributed by atoms with Crippen molar-refractivity contribution in [1.82, 2.24) is 4.90 Å². The lowest BCUT2D eigenvalue weighted by atomic mass is 10.1. The number of nitrogens with zero attached hydrogens (tertiary/aromatic N) is 3. The van der Waals surface area contributed by atoms with E-state index in [9.17, 15) is 9.59 Å². The molecular formula is C22H25N3O4. The van der Waals surface area contributed by atoms with Gasteiger partial charge in [-0.2, -0.15) is 5.10 Å². The van der Waals surface area contributed by atoms with Crippen LogP contribution in [0.1, 0.15) is 44.9 Å². The molecule has 2 aliphatic rings. The number of ether oxygens (including phenoxy) is 1. The van der Waals surface area contributed by atoms with E-state index >= 15 is 0 Å². The van der Waals surface area contributed by atoms with Crippen LogP contribution >= 0.6 is 0 Å². The molecule has 1 fully saturated rings. The maximum atomic E-state index is 13.7. The molecule has 2 heterocycles. The van der Waals surface area contributed by atoms with Crippen LogP contribution in [0.3, 0.4) is 0 Å². The molecule has 29 heavy (non-hydrogen) atoms.